The zero-order valence-corrected chi connectivity index (χ0v) is 16.6. The van der Waals surface area contributed by atoms with Crippen LogP contribution >= 0.6 is 11.6 Å². The Balaban J connectivity index is 1.97. The summed E-state index contributed by atoms with van der Waals surface area (Å²) in [6, 6.07) is 5.54. The number of benzene rings is 1. The lowest BCUT2D eigenvalue weighted by atomic mass is 10.1. The largest absolute Gasteiger partial charge is 0.337 e. The smallest absolute Gasteiger partial charge is 0.332 e. The summed E-state index contributed by atoms with van der Waals surface area (Å²) in [6.45, 7) is 1.58. The first-order valence-electron chi connectivity index (χ1n) is 8.46. The van der Waals surface area contributed by atoms with Crippen LogP contribution in [-0.4, -0.2) is 36.5 Å². The van der Waals surface area contributed by atoms with Crippen molar-refractivity contribution in [2.45, 2.75) is 19.5 Å². The van der Waals surface area contributed by atoms with Gasteiger partial charge >= 0.3 is 5.69 Å². The van der Waals surface area contributed by atoms with E-state index in [0.29, 0.717) is 0 Å². The van der Waals surface area contributed by atoms with Gasteiger partial charge in [-0.3, -0.25) is 23.3 Å². The highest BCUT2D eigenvalue weighted by molar-refractivity contribution is 6.29. The first kappa shape index (κ1) is 19.8. The molecule has 0 aliphatic rings. The molecule has 0 N–H and O–H groups in total. The van der Waals surface area contributed by atoms with E-state index in [-0.39, 0.29) is 40.8 Å². The highest BCUT2D eigenvalue weighted by Gasteiger charge is 2.23. The number of aromatic nitrogens is 4. The van der Waals surface area contributed by atoms with Gasteiger partial charge < -0.3 is 4.90 Å². The van der Waals surface area contributed by atoms with Gasteiger partial charge in [-0.05, 0) is 36.2 Å². The fourth-order valence-electron chi connectivity index (χ4n) is 2.99. The van der Waals surface area contributed by atoms with Gasteiger partial charge in [0.05, 0.1) is 6.04 Å². The van der Waals surface area contributed by atoms with E-state index < -0.39 is 11.2 Å². The number of carbonyl (C=O) groups excluding carboxylic acids is 1. The van der Waals surface area contributed by atoms with E-state index in [1.165, 1.54) is 40.3 Å². The van der Waals surface area contributed by atoms with Crippen molar-refractivity contribution >= 4 is 28.7 Å². The number of fused-ring (bicyclic) bond motifs is 1. The summed E-state index contributed by atoms with van der Waals surface area (Å²) in [6.07, 6.45) is 0. The minimum atomic E-state index is -0.584. The molecule has 0 aliphatic carbocycles. The van der Waals surface area contributed by atoms with Gasteiger partial charge in [0.2, 0.25) is 11.2 Å². The third kappa shape index (κ3) is 3.22. The standard InChI is InChI=1S/C18H19ClFN5O3/c1-10(11-5-7-12(20)8-6-11)22(2)13(26)9-25-14-15(21-17(25)19)23(3)18(28)24(4)16(14)27/h5-8,10H,9H2,1-4H3. The lowest BCUT2D eigenvalue weighted by Gasteiger charge is -2.25. The van der Waals surface area contributed by atoms with Crippen LogP contribution in [0.5, 0.6) is 0 Å². The van der Waals surface area contributed by atoms with Crippen molar-refractivity contribution in [1.29, 1.82) is 0 Å². The van der Waals surface area contributed by atoms with E-state index in [0.717, 1.165) is 10.1 Å². The zero-order valence-electron chi connectivity index (χ0n) is 15.8. The maximum Gasteiger partial charge on any atom is 0.332 e. The molecule has 3 aromatic rings. The van der Waals surface area contributed by atoms with Gasteiger partial charge in [-0.1, -0.05) is 12.1 Å². The Bertz CT molecular complexity index is 1180. The maximum atomic E-state index is 13.1. The second-order valence-corrected chi connectivity index (χ2v) is 6.92. The molecule has 10 heteroatoms. The Morgan fingerprint density at radius 3 is 2.43 bits per heavy atom. The third-order valence-corrected chi connectivity index (χ3v) is 5.21. The molecule has 2 heterocycles. The molecule has 0 saturated heterocycles. The lowest BCUT2D eigenvalue weighted by Crippen LogP contribution is -2.38. The number of nitrogens with zero attached hydrogens (tertiary/aromatic N) is 5. The van der Waals surface area contributed by atoms with Gasteiger partial charge in [0.15, 0.2) is 11.2 Å². The highest BCUT2D eigenvalue weighted by atomic mass is 35.5. The minimum absolute atomic E-state index is 0.0653. The minimum Gasteiger partial charge on any atom is -0.337 e. The second kappa shape index (κ2) is 7.23. The Labute approximate surface area is 164 Å². The molecule has 0 spiro atoms. The molecule has 0 aliphatic heterocycles. The molecule has 148 valence electrons. The molecule has 28 heavy (non-hydrogen) atoms. The molecular weight excluding hydrogens is 389 g/mol. The highest BCUT2D eigenvalue weighted by Crippen LogP contribution is 2.21. The van der Waals surface area contributed by atoms with Crippen molar-refractivity contribution in [2.24, 2.45) is 14.1 Å². The molecule has 0 fully saturated rings. The van der Waals surface area contributed by atoms with Crippen LogP contribution in [0.25, 0.3) is 11.2 Å². The van der Waals surface area contributed by atoms with Gasteiger partial charge in [0, 0.05) is 21.1 Å². The summed E-state index contributed by atoms with van der Waals surface area (Å²) in [4.78, 5) is 42.9. The molecule has 2 aromatic heterocycles. The summed E-state index contributed by atoms with van der Waals surface area (Å²) < 4.78 is 16.6. The van der Waals surface area contributed by atoms with E-state index in [9.17, 15) is 18.8 Å². The van der Waals surface area contributed by atoms with Crippen LogP contribution < -0.4 is 11.2 Å². The first-order valence-corrected chi connectivity index (χ1v) is 8.84. The van der Waals surface area contributed by atoms with E-state index >= 15 is 0 Å². The molecule has 8 nitrogen and oxygen atoms in total. The maximum absolute atomic E-state index is 13.1. The fourth-order valence-corrected chi connectivity index (χ4v) is 3.22. The van der Waals surface area contributed by atoms with Crippen LogP contribution in [0.1, 0.15) is 18.5 Å². The van der Waals surface area contributed by atoms with E-state index in [1.807, 2.05) is 6.92 Å². The summed E-state index contributed by atoms with van der Waals surface area (Å²) in [5, 5.41) is -0.0653. The molecule has 0 bridgehead atoms. The number of carbonyl (C=O) groups is 1. The lowest BCUT2D eigenvalue weighted by molar-refractivity contribution is -0.132. The van der Waals surface area contributed by atoms with Crippen LogP contribution in [0.4, 0.5) is 4.39 Å². The van der Waals surface area contributed by atoms with Gasteiger partial charge in [0.1, 0.15) is 12.4 Å². The zero-order chi connectivity index (χ0) is 20.7. The molecule has 0 saturated carbocycles. The molecule has 1 atom stereocenters. The third-order valence-electron chi connectivity index (χ3n) is 4.92. The van der Waals surface area contributed by atoms with Crippen molar-refractivity contribution in [2.75, 3.05) is 7.05 Å². The summed E-state index contributed by atoms with van der Waals surface area (Å²) in [5.41, 5.74) is -0.171. The predicted molar refractivity (Wildman–Crippen MR) is 103 cm³/mol. The normalized spacial score (nSPS) is 12.4. The fraction of sp³-hybridized carbons (Fsp3) is 0.333. The first-order chi connectivity index (χ1) is 13.1. The summed E-state index contributed by atoms with van der Waals surface area (Å²) in [5.74, 6) is -0.683. The van der Waals surface area contributed by atoms with Gasteiger partial charge in [0.25, 0.3) is 5.56 Å². The van der Waals surface area contributed by atoms with Crippen LogP contribution in [0.2, 0.25) is 5.28 Å². The van der Waals surface area contributed by atoms with Crippen LogP contribution in [-0.2, 0) is 25.4 Å². The number of aryl methyl sites for hydroxylation is 1. The monoisotopic (exact) mass is 407 g/mol. The Morgan fingerprint density at radius 2 is 1.82 bits per heavy atom. The average molecular weight is 408 g/mol. The molecule has 1 aromatic carbocycles. The Morgan fingerprint density at radius 1 is 1.21 bits per heavy atom. The number of hydrogen-bond acceptors (Lipinski definition) is 4. The molecule has 0 radical (unpaired) electrons. The van der Waals surface area contributed by atoms with Gasteiger partial charge in [-0.2, -0.15) is 4.98 Å². The van der Waals surface area contributed by atoms with E-state index in [2.05, 4.69) is 4.98 Å². The summed E-state index contributed by atoms with van der Waals surface area (Å²) >= 11 is 6.15. The number of imidazole rings is 1. The van der Waals surface area contributed by atoms with E-state index in [1.54, 1.807) is 19.2 Å². The van der Waals surface area contributed by atoms with Crippen molar-refractivity contribution in [1.82, 2.24) is 23.6 Å². The molecule has 3 rings (SSSR count). The van der Waals surface area contributed by atoms with Crippen molar-refractivity contribution in [3.63, 3.8) is 0 Å². The second-order valence-electron chi connectivity index (χ2n) is 6.58. The van der Waals surface area contributed by atoms with Crippen molar-refractivity contribution in [3.8, 4) is 0 Å². The molecule has 1 unspecified atom stereocenters. The predicted octanol–water partition coefficient (Wildman–Crippen LogP) is 1.45. The van der Waals surface area contributed by atoms with Crippen molar-refractivity contribution < 1.29 is 9.18 Å². The number of amides is 1. The number of halogens is 2. The van der Waals surface area contributed by atoms with Crippen LogP contribution in [0.15, 0.2) is 33.9 Å². The quantitative estimate of drug-likeness (QED) is 0.613. The molecule has 1 amide bonds. The number of hydrogen-bond donors (Lipinski definition) is 0. The number of rotatable bonds is 4. The van der Waals surface area contributed by atoms with Crippen LogP contribution in [0.3, 0.4) is 0 Å². The SMILES string of the molecule is CC(c1ccc(F)cc1)N(C)C(=O)Cn1c(Cl)nc2c1c(=O)n(C)c(=O)n2C. The topological polar surface area (TPSA) is 82.1 Å². The summed E-state index contributed by atoms with van der Waals surface area (Å²) in [7, 11) is 4.43. The van der Waals surface area contributed by atoms with Crippen molar-refractivity contribution in [3.05, 3.63) is 61.8 Å². The average Bonchev–Trinajstić information content (AvgIpc) is 3.00. The Hall–Kier alpha value is -2.94. The van der Waals surface area contributed by atoms with Gasteiger partial charge in [-0.15, -0.1) is 0 Å². The van der Waals surface area contributed by atoms with E-state index in [4.69, 9.17) is 11.6 Å². The van der Waals surface area contributed by atoms with Crippen LogP contribution in [0, 0.1) is 5.82 Å². The number of likely N-dealkylation sites (N-methyl/N-ethyl adjacent to an activating group) is 1. The Kier molecular flexibility index (Phi) is 5.12. The molecular formula is C18H19ClFN5O3. The van der Waals surface area contributed by atoms with Gasteiger partial charge in [-0.25, -0.2) is 9.18 Å².